The van der Waals surface area contributed by atoms with Crippen molar-refractivity contribution in [1.82, 2.24) is 14.7 Å². The van der Waals surface area contributed by atoms with Crippen LogP contribution in [0.4, 0.5) is 0 Å². The lowest BCUT2D eigenvalue weighted by Crippen LogP contribution is -2.48. The van der Waals surface area contributed by atoms with Crippen LogP contribution < -0.4 is 0 Å². The van der Waals surface area contributed by atoms with Crippen molar-refractivity contribution in [2.75, 3.05) is 59.5 Å². The van der Waals surface area contributed by atoms with E-state index in [0.29, 0.717) is 18.9 Å². The van der Waals surface area contributed by atoms with Gasteiger partial charge in [-0.05, 0) is 50.4 Å². The normalized spacial score (nSPS) is 25.8. The molecule has 1 amide bonds. The van der Waals surface area contributed by atoms with Gasteiger partial charge in [0.2, 0.25) is 5.91 Å². The third kappa shape index (κ3) is 5.53. The van der Waals surface area contributed by atoms with Crippen molar-refractivity contribution in [3.63, 3.8) is 0 Å². The lowest BCUT2D eigenvalue weighted by Gasteiger charge is -2.39. The van der Waals surface area contributed by atoms with E-state index >= 15 is 0 Å². The number of hydrogen-bond donors (Lipinski definition) is 1. The number of likely N-dealkylation sites (N-methyl/N-ethyl adjacent to an activating group) is 1. The maximum atomic E-state index is 12.8. The molecule has 2 atom stereocenters. The van der Waals surface area contributed by atoms with Gasteiger partial charge in [-0.1, -0.05) is 30.3 Å². The Kier molecular flexibility index (Phi) is 7.06. The molecule has 0 aliphatic carbocycles. The average molecular weight is 360 g/mol. The van der Waals surface area contributed by atoms with Crippen LogP contribution in [0.15, 0.2) is 30.3 Å². The second-order valence-corrected chi connectivity index (χ2v) is 8.07. The molecule has 5 nitrogen and oxygen atoms in total. The summed E-state index contributed by atoms with van der Waals surface area (Å²) in [6, 6.07) is 9.96. The summed E-state index contributed by atoms with van der Waals surface area (Å²) >= 11 is 0. The molecule has 1 aromatic rings. The van der Waals surface area contributed by atoms with E-state index in [0.717, 1.165) is 44.7 Å². The smallest absolute Gasteiger partial charge is 0.227 e. The molecule has 5 heteroatoms. The van der Waals surface area contributed by atoms with Gasteiger partial charge in [-0.2, -0.15) is 0 Å². The zero-order valence-electron chi connectivity index (χ0n) is 16.0. The van der Waals surface area contributed by atoms with Crippen molar-refractivity contribution in [2.24, 2.45) is 11.8 Å². The van der Waals surface area contributed by atoms with Crippen LogP contribution in [0.1, 0.15) is 18.4 Å². The standard InChI is InChI=1S/C21H33N3O2/c1-22-8-5-9-23(11-10-22)14-19-12-20(17-25)16-24(15-19)21(26)13-18-6-3-2-4-7-18/h2-4,6-7,19-20,25H,5,8-17H2,1H3/t19-,20+/m0/s1. The number of rotatable bonds is 5. The largest absolute Gasteiger partial charge is 0.396 e. The Morgan fingerprint density at radius 3 is 2.62 bits per heavy atom. The minimum Gasteiger partial charge on any atom is -0.396 e. The highest BCUT2D eigenvalue weighted by Gasteiger charge is 2.30. The van der Waals surface area contributed by atoms with Gasteiger partial charge in [-0.25, -0.2) is 0 Å². The van der Waals surface area contributed by atoms with Crippen molar-refractivity contribution in [3.05, 3.63) is 35.9 Å². The molecule has 26 heavy (non-hydrogen) atoms. The zero-order chi connectivity index (χ0) is 18.4. The van der Waals surface area contributed by atoms with Crippen molar-refractivity contribution >= 4 is 5.91 Å². The highest BCUT2D eigenvalue weighted by Crippen LogP contribution is 2.24. The molecule has 3 rings (SSSR count). The molecule has 0 bridgehead atoms. The molecule has 2 saturated heterocycles. The number of nitrogens with zero attached hydrogens (tertiary/aromatic N) is 3. The second-order valence-electron chi connectivity index (χ2n) is 8.07. The second kappa shape index (κ2) is 9.49. The SMILES string of the molecule is CN1CCCN(C[C@@H]2C[C@@H](CO)CN(C(=O)Cc3ccccc3)C2)CC1. The van der Waals surface area contributed by atoms with Crippen molar-refractivity contribution in [1.29, 1.82) is 0 Å². The van der Waals surface area contributed by atoms with Gasteiger partial charge in [0.15, 0.2) is 0 Å². The molecule has 0 unspecified atom stereocenters. The number of carbonyl (C=O) groups excluding carboxylic acids is 1. The Bertz CT molecular complexity index is 566. The van der Waals surface area contributed by atoms with Gasteiger partial charge in [-0.3, -0.25) is 4.79 Å². The minimum atomic E-state index is 0.175. The average Bonchev–Trinajstić information content (AvgIpc) is 2.86. The molecule has 0 aromatic heterocycles. The van der Waals surface area contributed by atoms with Crippen LogP contribution in [0.3, 0.4) is 0 Å². The Hall–Kier alpha value is -1.43. The molecule has 0 spiro atoms. The molecular weight excluding hydrogens is 326 g/mol. The number of benzene rings is 1. The third-order valence-electron chi connectivity index (χ3n) is 5.76. The Balaban J connectivity index is 1.58. The molecule has 2 fully saturated rings. The number of aliphatic hydroxyl groups excluding tert-OH is 1. The number of piperidine rings is 1. The fourth-order valence-electron chi connectivity index (χ4n) is 4.32. The van der Waals surface area contributed by atoms with E-state index in [-0.39, 0.29) is 18.4 Å². The summed E-state index contributed by atoms with van der Waals surface area (Å²) in [7, 11) is 2.19. The quantitative estimate of drug-likeness (QED) is 0.862. The van der Waals surface area contributed by atoms with E-state index in [1.807, 2.05) is 35.2 Å². The third-order valence-corrected chi connectivity index (χ3v) is 5.76. The number of likely N-dealkylation sites (tertiary alicyclic amines) is 1. The summed E-state index contributed by atoms with van der Waals surface area (Å²) < 4.78 is 0. The maximum absolute atomic E-state index is 12.8. The molecule has 0 saturated carbocycles. The first-order valence-electron chi connectivity index (χ1n) is 9.97. The van der Waals surface area contributed by atoms with Crippen LogP contribution in [0, 0.1) is 11.8 Å². The first-order valence-corrected chi connectivity index (χ1v) is 9.97. The summed E-state index contributed by atoms with van der Waals surface area (Å²) in [5.74, 6) is 0.863. The first kappa shape index (κ1) is 19.3. The number of amides is 1. The van der Waals surface area contributed by atoms with Gasteiger partial charge in [0.05, 0.1) is 6.42 Å². The summed E-state index contributed by atoms with van der Waals surface area (Å²) in [5, 5.41) is 9.73. The first-order chi connectivity index (χ1) is 12.6. The van der Waals surface area contributed by atoms with E-state index in [2.05, 4.69) is 16.8 Å². The van der Waals surface area contributed by atoms with Crippen LogP contribution in [-0.4, -0.2) is 85.2 Å². The topological polar surface area (TPSA) is 47.0 Å². The predicted molar refractivity (Wildman–Crippen MR) is 104 cm³/mol. The lowest BCUT2D eigenvalue weighted by atomic mass is 9.88. The van der Waals surface area contributed by atoms with E-state index in [1.54, 1.807) is 0 Å². The van der Waals surface area contributed by atoms with Gasteiger partial charge in [0, 0.05) is 39.3 Å². The van der Waals surface area contributed by atoms with Crippen LogP contribution in [-0.2, 0) is 11.2 Å². The summed E-state index contributed by atoms with van der Waals surface area (Å²) in [6.45, 7) is 7.27. The molecule has 144 valence electrons. The van der Waals surface area contributed by atoms with Crippen molar-refractivity contribution in [3.8, 4) is 0 Å². The Morgan fingerprint density at radius 1 is 1.08 bits per heavy atom. The number of carbonyl (C=O) groups is 1. The zero-order valence-corrected chi connectivity index (χ0v) is 16.0. The van der Waals surface area contributed by atoms with Crippen LogP contribution in [0.5, 0.6) is 0 Å². The van der Waals surface area contributed by atoms with Gasteiger partial charge >= 0.3 is 0 Å². The Morgan fingerprint density at radius 2 is 1.85 bits per heavy atom. The van der Waals surface area contributed by atoms with Crippen molar-refractivity contribution < 1.29 is 9.90 Å². The number of hydrogen-bond acceptors (Lipinski definition) is 4. The van der Waals surface area contributed by atoms with E-state index in [9.17, 15) is 9.90 Å². The lowest BCUT2D eigenvalue weighted by molar-refractivity contribution is -0.134. The predicted octanol–water partition coefficient (Wildman–Crippen LogP) is 1.32. The summed E-state index contributed by atoms with van der Waals surface area (Å²) in [6.07, 6.45) is 2.70. The molecule has 2 aliphatic rings. The van der Waals surface area contributed by atoms with Crippen LogP contribution in [0.25, 0.3) is 0 Å². The molecule has 2 heterocycles. The van der Waals surface area contributed by atoms with Crippen LogP contribution >= 0.6 is 0 Å². The fourth-order valence-corrected chi connectivity index (χ4v) is 4.32. The molecule has 0 radical (unpaired) electrons. The highest BCUT2D eigenvalue weighted by molar-refractivity contribution is 5.78. The van der Waals surface area contributed by atoms with E-state index in [4.69, 9.17) is 0 Å². The minimum absolute atomic E-state index is 0.175. The van der Waals surface area contributed by atoms with E-state index < -0.39 is 0 Å². The number of aliphatic hydroxyl groups is 1. The van der Waals surface area contributed by atoms with Crippen molar-refractivity contribution in [2.45, 2.75) is 19.3 Å². The maximum Gasteiger partial charge on any atom is 0.227 e. The van der Waals surface area contributed by atoms with Gasteiger partial charge in [0.25, 0.3) is 0 Å². The monoisotopic (exact) mass is 359 g/mol. The molecular formula is C21H33N3O2. The highest BCUT2D eigenvalue weighted by atomic mass is 16.3. The molecule has 1 N–H and O–H groups in total. The van der Waals surface area contributed by atoms with Gasteiger partial charge in [-0.15, -0.1) is 0 Å². The Labute approximate surface area is 157 Å². The molecule has 2 aliphatic heterocycles. The van der Waals surface area contributed by atoms with Gasteiger partial charge < -0.3 is 19.8 Å². The fraction of sp³-hybridized carbons (Fsp3) is 0.667. The van der Waals surface area contributed by atoms with E-state index in [1.165, 1.54) is 13.0 Å². The van der Waals surface area contributed by atoms with Crippen LogP contribution in [0.2, 0.25) is 0 Å². The van der Waals surface area contributed by atoms with Gasteiger partial charge in [0.1, 0.15) is 0 Å². The summed E-state index contributed by atoms with van der Waals surface area (Å²) in [5.41, 5.74) is 1.07. The molecule has 1 aromatic carbocycles. The summed E-state index contributed by atoms with van der Waals surface area (Å²) in [4.78, 5) is 19.7.